The van der Waals surface area contributed by atoms with E-state index >= 15 is 0 Å². The van der Waals surface area contributed by atoms with Gasteiger partial charge in [0.05, 0.1) is 5.56 Å². The van der Waals surface area contributed by atoms with Crippen LogP contribution < -0.4 is 15.4 Å². The number of aldehydes is 1. The fourth-order valence-electron chi connectivity index (χ4n) is 1.24. The van der Waals surface area contributed by atoms with Gasteiger partial charge in [-0.2, -0.15) is 0 Å². The Labute approximate surface area is 115 Å². The molecule has 0 aliphatic carbocycles. The highest BCUT2D eigenvalue weighted by Gasteiger charge is 2.18. The first-order chi connectivity index (χ1) is 8.97. The van der Waals surface area contributed by atoms with Crippen LogP contribution in [-0.4, -0.2) is 31.4 Å². The van der Waals surface area contributed by atoms with Crippen LogP contribution in [0.25, 0.3) is 0 Å². The van der Waals surface area contributed by atoms with Gasteiger partial charge in [0.2, 0.25) is 0 Å². The summed E-state index contributed by atoms with van der Waals surface area (Å²) in [5.74, 6) is -0.398. The molecule has 0 aliphatic heterocycles. The quantitative estimate of drug-likeness (QED) is 0.818. The fraction of sp³-hybridized carbons (Fsp3) is 0.250. The first-order valence-electron chi connectivity index (χ1n) is 5.42. The Hall–Kier alpha value is -2.08. The average Bonchev–Trinajstić information content (AvgIpc) is 2.40. The van der Waals surface area contributed by atoms with Gasteiger partial charge in [0, 0.05) is 12.1 Å². The molecule has 0 aromatic heterocycles. The van der Waals surface area contributed by atoms with Gasteiger partial charge in [-0.1, -0.05) is 11.6 Å². The maximum atomic E-state index is 11.6. The molecule has 0 saturated heterocycles. The van der Waals surface area contributed by atoms with E-state index in [1.807, 2.05) is 0 Å². The molecule has 102 valence electrons. The van der Waals surface area contributed by atoms with Gasteiger partial charge < -0.3 is 10.1 Å². The lowest BCUT2D eigenvalue weighted by atomic mass is 10.2. The number of carbonyl (C=O) groups is 3. The SMILES string of the molecule is CNC(=O)NC(=O)C(C)Oc1ccc(Cl)cc1C=O. The zero-order valence-corrected chi connectivity index (χ0v) is 11.2. The minimum Gasteiger partial charge on any atom is -0.480 e. The number of carbonyl (C=O) groups excluding carboxylic acids is 3. The number of amides is 3. The maximum absolute atomic E-state index is 11.6. The summed E-state index contributed by atoms with van der Waals surface area (Å²) in [5.41, 5.74) is 0.229. The molecule has 0 fully saturated rings. The third kappa shape index (κ3) is 4.26. The van der Waals surface area contributed by atoms with Gasteiger partial charge in [-0.3, -0.25) is 14.9 Å². The molecule has 0 spiro atoms. The van der Waals surface area contributed by atoms with Gasteiger partial charge >= 0.3 is 6.03 Å². The molecule has 1 unspecified atom stereocenters. The summed E-state index contributed by atoms with van der Waals surface area (Å²) in [5, 5.41) is 4.70. The first-order valence-corrected chi connectivity index (χ1v) is 5.79. The highest BCUT2D eigenvalue weighted by Crippen LogP contribution is 2.22. The second-order valence-electron chi connectivity index (χ2n) is 3.63. The van der Waals surface area contributed by atoms with Crippen LogP contribution in [0.3, 0.4) is 0 Å². The lowest BCUT2D eigenvalue weighted by Gasteiger charge is -2.15. The Morgan fingerprint density at radius 2 is 2.11 bits per heavy atom. The van der Waals surface area contributed by atoms with E-state index in [0.717, 1.165) is 0 Å². The topological polar surface area (TPSA) is 84.5 Å². The lowest BCUT2D eigenvalue weighted by molar-refractivity contribution is -0.126. The van der Waals surface area contributed by atoms with Crippen LogP contribution in [0, 0.1) is 0 Å². The predicted molar refractivity (Wildman–Crippen MR) is 69.5 cm³/mol. The van der Waals surface area contributed by atoms with Crippen LogP contribution in [0.5, 0.6) is 5.75 Å². The summed E-state index contributed by atoms with van der Waals surface area (Å²) in [4.78, 5) is 33.4. The van der Waals surface area contributed by atoms with Crippen molar-refractivity contribution >= 4 is 29.8 Å². The number of hydrogen-bond acceptors (Lipinski definition) is 4. The summed E-state index contributed by atoms with van der Waals surface area (Å²) >= 11 is 5.74. The fourth-order valence-corrected chi connectivity index (χ4v) is 1.42. The molecule has 0 saturated carbocycles. The van der Waals surface area contributed by atoms with Crippen LogP contribution in [0.15, 0.2) is 18.2 Å². The molecule has 1 rings (SSSR count). The van der Waals surface area contributed by atoms with Gasteiger partial charge in [-0.05, 0) is 25.1 Å². The molecule has 0 heterocycles. The molecule has 19 heavy (non-hydrogen) atoms. The second-order valence-corrected chi connectivity index (χ2v) is 4.06. The summed E-state index contributed by atoms with van der Waals surface area (Å²) in [6.45, 7) is 1.46. The third-order valence-corrected chi connectivity index (χ3v) is 2.47. The third-order valence-electron chi connectivity index (χ3n) is 2.24. The van der Waals surface area contributed by atoms with Crippen molar-refractivity contribution in [1.82, 2.24) is 10.6 Å². The van der Waals surface area contributed by atoms with E-state index in [0.29, 0.717) is 11.3 Å². The van der Waals surface area contributed by atoms with E-state index < -0.39 is 18.0 Å². The molecular formula is C12H13ClN2O4. The number of nitrogens with one attached hydrogen (secondary N) is 2. The highest BCUT2D eigenvalue weighted by molar-refractivity contribution is 6.30. The minimum atomic E-state index is -0.933. The Morgan fingerprint density at radius 1 is 1.42 bits per heavy atom. The number of ether oxygens (including phenoxy) is 1. The molecule has 3 amide bonds. The van der Waals surface area contributed by atoms with Crippen molar-refractivity contribution in [2.75, 3.05) is 7.05 Å². The normalized spacial score (nSPS) is 11.3. The minimum absolute atomic E-state index is 0.221. The molecule has 7 heteroatoms. The standard InChI is InChI=1S/C12H13ClN2O4/c1-7(11(17)15-12(18)14-2)19-10-4-3-9(13)5-8(10)6-16/h3-7H,1-2H3,(H2,14,15,17,18). The van der Waals surface area contributed by atoms with Crippen LogP contribution >= 0.6 is 11.6 Å². The van der Waals surface area contributed by atoms with Gasteiger partial charge in [0.1, 0.15) is 5.75 Å². The van der Waals surface area contributed by atoms with Gasteiger partial charge in [-0.15, -0.1) is 0 Å². The van der Waals surface area contributed by atoms with Crippen molar-refractivity contribution in [1.29, 1.82) is 0 Å². The smallest absolute Gasteiger partial charge is 0.321 e. The van der Waals surface area contributed by atoms with Crippen LogP contribution in [0.1, 0.15) is 17.3 Å². The lowest BCUT2D eigenvalue weighted by Crippen LogP contribution is -2.44. The number of hydrogen-bond donors (Lipinski definition) is 2. The molecule has 1 aromatic carbocycles. The Balaban J connectivity index is 2.76. The summed E-state index contributed by atoms with van der Waals surface area (Å²) in [6, 6.07) is 3.81. The molecule has 1 atom stereocenters. The van der Waals surface area contributed by atoms with E-state index in [-0.39, 0.29) is 11.3 Å². The number of imide groups is 1. The van der Waals surface area contributed by atoms with E-state index in [1.165, 1.54) is 32.2 Å². The van der Waals surface area contributed by atoms with Crippen LogP contribution in [-0.2, 0) is 4.79 Å². The molecule has 6 nitrogen and oxygen atoms in total. The van der Waals surface area contributed by atoms with Crippen LogP contribution in [0.4, 0.5) is 4.79 Å². The van der Waals surface area contributed by atoms with Crippen molar-refractivity contribution in [2.24, 2.45) is 0 Å². The molecule has 0 bridgehead atoms. The van der Waals surface area contributed by atoms with E-state index in [9.17, 15) is 14.4 Å². The summed E-state index contributed by atoms with van der Waals surface area (Å²) in [7, 11) is 1.39. The van der Waals surface area contributed by atoms with Crippen molar-refractivity contribution in [3.63, 3.8) is 0 Å². The molecule has 0 radical (unpaired) electrons. The Kier molecular flexibility index (Phi) is 5.32. The first kappa shape index (κ1) is 15.0. The van der Waals surface area contributed by atoms with Crippen molar-refractivity contribution < 1.29 is 19.1 Å². The van der Waals surface area contributed by atoms with Crippen molar-refractivity contribution in [3.8, 4) is 5.75 Å². The Bertz CT molecular complexity index is 505. The average molecular weight is 285 g/mol. The van der Waals surface area contributed by atoms with E-state index in [4.69, 9.17) is 16.3 Å². The summed E-state index contributed by atoms with van der Waals surface area (Å²) < 4.78 is 5.32. The van der Waals surface area contributed by atoms with E-state index in [2.05, 4.69) is 10.6 Å². The zero-order chi connectivity index (χ0) is 14.4. The number of halogens is 1. The largest absolute Gasteiger partial charge is 0.480 e. The number of rotatable bonds is 4. The van der Waals surface area contributed by atoms with E-state index in [1.54, 1.807) is 0 Å². The van der Waals surface area contributed by atoms with Gasteiger partial charge in [0.25, 0.3) is 5.91 Å². The Morgan fingerprint density at radius 3 is 2.68 bits per heavy atom. The van der Waals surface area contributed by atoms with Crippen LogP contribution in [0.2, 0.25) is 5.02 Å². The molecule has 2 N–H and O–H groups in total. The maximum Gasteiger partial charge on any atom is 0.321 e. The molecular weight excluding hydrogens is 272 g/mol. The van der Waals surface area contributed by atoms with Crippen molar-refractivity contribution in [3.05, 3.63) is 28.8 Å². The predicted octanol–water partition coefficient (Wildman–Crippen LogP) is 1.38. The molecule has 1 aromatic rings. The number of urea groups is 1. The highest BCUT2D eigenvalue weighted by atomic mass is 35.5. The monoisotopic (exact) mass is 284 g/mol. The number of benzene rings is 1. The zero-order valence-electron chi connectivity index (χ0n) is 10.4. The van der Waals surface area contributed by atoms with Crippen molar-refractivity contribution in [2.45, 2.75) is 13.0 Å². The second kappa shape index (κ2) is 6.75. The van der Waals surface area contributed by atoms with Gasteiger partial charge in [0.15, 0.2) is 12.4 Å². The summed E-state index contributed by atoms with van der Waals surface area (Å²) in [6.07, 6.45) is -0.359. The molecule has 0 aliphatic rings. The van der Waals surface area contributed by atoms with Gasteiger partial charge in [-0.25, -0.2) is 4.79 Å².